The Bertz CT molecular complexity index is 578. The van der Waals surface area contributed by atoms with Gasteiger partial charge in [-0.05, 0) is 29.7 Å². The summed E-state index contributed by atoms with van der Waals surface area (Å²) in [6.07, 6.45) is 0. The molecular weight excluding hydrogens is 235 g/mol. The monoisotopic (exact) mass is 244 g/mol. The smallest absolute Gasteiger partial charge is 0.744 e. The molecule has 0 radical (unpaired) electrons. The van der Waals surface area contributed by atoms with Crippen LogP contribution in [0.2, 0.25) is 0 Å². The van der Waals surface area contributed by atoms with Gasteiger partial charge in [-0.15, -0.1) is 0 Å². The van der Waals surface area contributed by atoms with Crippen LogP contribution in [0.25, 0.3) is 11.1 Å². The summed E-state index contributed by atoms with van der Waals surface area (Å²) < 4.78 is 33.0. The molecule has 2 aliphatic rings. The Morgan fingerprint density at radius 3 is 2.19 bits per heavy atom. The molecule has 0 heterocycles. The minimum atomic E-state index is -4.39. The summed E-state index contributed by atoms with van der Waals surface area (Å²) >= 11 is 0. The van der Waals surface area contributed by atoms with E-state index >= 15 is 0 Å². The Hall–Kier alpha value is -0.390. The molecule has 16 heavy (non-hydrogen) atoms. The maximum atomic E-state index is 11.0. The van der Waals surface area contributed by atoms with Gasteiger partial charge in [-0.2, -0.15) is 0 Å². The van der Waals surface area contributed by atoms with Crippen molar-refractivity contribution in [1.29, 1.82) is 0 Å². The van der Waals surface area contributed by atoms with Gasteiger partial charge in [0, 0.05) is 0 Å². The second-order valence-corrected chi connectivity index (χ2v) is 4.73. The topological polar surface area (TPSA) is 57.2 Å². The molecule has 0 aromatic carbocycles. The SMILES string of the molecule is Cc1cc(S(=O)(=O)[O-])c2cccccc1-2.[Na+]. The summed E-state index contributed by atoms with van der Waals surface area (Å²) in [5.74, 6) is 0. The van der Waals surface area contributed by atoms with Crippen LogP contribution in [-0.4, -0.2) is 13.0 Å². The number of hydrogen-bond donors (Lipinski definition) is 0. The molecular formula is C11H9NaO3S. The van der Waals surface area contributed by atoms with Crippen molar-refractivity contribution >= 4 is 10.1 Å². The van der Waals surface area contributed by atoms with Gasteiger partial charge in [0.1, 0.15) is 10.1 Å². The first-order chi connectivity index (χ1) is 7.00. The molecule has 0 amide bonds. The fourth-order valence-corrected chi connectivity index (χ4v) is 2.43. The summed E-state index contributed by atoms with van der Waals surface area (Å²) in [6.45, 7) is 1.79. The molecule has 2 aliphatic carbocycles. The molecule has 3 nitrogen and oxygen atoms in total. The zero-order valence-electron chi connectivity index (χ0n) is 9.10. The van der Waals surface area contributed by atoms with E-state index < -0.39 is 10.1 Å². The number of hydrogen-bond acceptors (Lipinski definition) is 3. The molecule has 78 valence electrons. The zero-order chi connectivity index (χ0) is 11.1. The van der Waals surface area contributed by atoms with Gasteiger partial charge in [-0.3, -0.25) is 0 Å². The molecule has 2 rings (SSSR count). The number of fused-ring (bicyclic) bond motifs is 1. The van der Waals surface area contributed by atoms with Crippen molar-refractivity contribution in [2.45, 2.75) is 11.8 Å². The van der Waals surface area contributed by atoms with Crippen molar-refractivity contribution in [3.8, 4) is 11.1 Å². The molecule has 0 aliphatic heterocycles. The molecule has 0 saturated carbocycles. The predicted octanol–water partition coefficient (Wildman–Crippen LogP) is -0.992. The average molecular weight is 244 g/mol. The minimum Gasteiger partial charge on any atom is -0.744 e. The van der Waals surface area contributed by atoms with Crippen LogP contribution in [-0.2, 0) is 10.1 Å². The van der Waals surface area contributed by atoms with Gasteiger partial charge in [-0.25, -0.2) is 8.42 Å². The molecule has 0 unspecified atom stereocenters. The minimum absolute atomic E-state index is 0. The second-order valence-electron chi connectivity index (χ2n) is 3.38. The molecule has 0 bridgehead atoms. The quantitative estimate of drug-likeness (QED) is 0.478. The zero-order valence-corrected chi connectivity index (χ0v) is 11.9. The molecule has 0 fully saturated rings. The van der Waals surface area contributed by atoms with E-state index in [0.29, 0.717) is 5.56 Å². The molecule has 0 N–H and O–H groups in total. The van der Waals surface area contributed by atoms with Crippen molar-refractivity contribution in [2.75, 3.05) is 0 Å². The molecule has 0 aromatic rings. The van der Waals surface area contributed by atoms with Crippen LogP contribution in [0.1, 0.15) is 5.56 Å². The van der Waals surface area contributed by atoms with Crippen LogP contribution in [0.3, 0.4) is 0 Å². The van der Waals surface area contributed by atoms with Gasteiger partial charge < -0.3 is 4.55 Å². The van der Waals surface area contributed by atoms with E-state index in [9.17, 15) is 13.0 Å². The van der Waals surface area contributed by atoms with Crippen LogP contribution in [0, 0.1) is 6.92 Å². The Labute approximate surface area is 117 Å². The normalized spacial score (nSPS) is 11.1. The van der Waals surface area contributed by atoms with Crippen molar-refractivity contribution in [2.24, 2.45) is 0 Å². The fraction of sp³-hybridized carbons (Fsp3) is 0.0909. The van der Waals surface area contributed by atoms with Gasteiger partial charge >= 0.3 is 29.6 Å². The second kappa shape index (κ2) is 4.85. The van der Waals surface area contributed by atoms with Gasteiger partial charge in [-0.1, -0.05) is 30.3 Å². The maximum absolute atomic E-state index is 11.0. The van der Waals surface area contributed by atoms with E-state index in [-0.39, 0.29) is 34.5 Å². The van der Waals surface area contributed by atoms with E-state index in [1.54, 1.807) is 31.2 Å². The van der Waals surface area contributed by atoms with E-state index in [4.69, 9.17) is 0 Å². The third-order valence-corrected chi connectivity index (χ3v) is 3.22. The van der Waals surface area contributed by atoms with Crippen LogP contribution < -0.4 is 29.6 Å². The standard InChI is InChI=1S/C11H10O3S.Na/c1-8-7-11(15(12,13)14)10-6-4-2-3-5-9(8)10;/h2-7H,1H3,(H,12,13,14);/q;+1/p-1. The van der Waals surface area contributed by atoms with Crippen LogP contribution in [0.15, 0.2) is 41.3 Å². The van der Waals surface area contributed by atoms with Crippen LogP contribution >= 0.6 is 0 Å². The summed E-state index contributed by atoms with van der Waals surface area (Å²) in [6, 6.07) is 10.2. The van der Waals surface area contributed by atoms with E-state index in [1.165, 1.54) is 6.07 Å². The molecule has 5 heteroatoms. The number of rotatable bonds is 1. The van der Waals surface area contributed by atoms with Gasteiger partial charge in [0.15, 0.2) is 0 Å². The fourth-order valence-electron chi connectivity index (χ4n) is 1.66. The third-order valence-electron chi connectivity index (χ3n) is 2.35. The van der Waals surface area contributed by atoms with Crippen molar-refractivity contribution in [1.82, 2.24) is 0 Å². The summed E-state index contributed by atoms with van der Waals surface area (Å²) in [4.78, 5) is -0.133. The Morgan fingerprint density at radius 1 is 1.06 bits per heavy atom. The molecule has 0 saturated heterocycles. The van der Waals surface area contributed by atoms with Crippen molar-refractivity contribution < 1.29 is 42.5 Å². The average Bonchev–Trinajstić information content (AvgIpc) is 2.37. The van der Waals surface area contributed by atoms with Gasteiger partial charge in [0.25, 0.3) is 0 Å². The molecule has 0 atom stereocenters. The van der Waals surface area contributed by atoms with Gasteiger partial charge in [0.2, 0.25) is 0 Å². The Balaban J connectivity index is 0.00000128. The third kappa shape index (κ3) is 2.47. The predicted molar refractivity (Wildman–Crippen MR) is 55.8 cm³/mol. The van der Waals surface area contributed by atoms with Crippen LogP contribution in [0.5, 0.6) is 0 Å². The van der Waals surface area contributed by atoms with Gasteiger partial charge in [0.05, 0.1) is 4.90 Å². The number of aryl methyl sites for hydroxylation is 1. The van der Waals surface area contributed by atoms with Crippen molar-refractivity contribution in [3.05, 3.63) is 42.0 Å². The van der Waals surface area contributed by atoms with E-state index in [2.05, 4.69) is 0 Å². The maximum Gasteiger partial charge on any atom is 1.00 e. The van der Waals surface area contributed by atoms with Crippen LogP contribution in [0.4, 0.5) is 0 Å². The first kappa shape index (κ1) is 13.7. The summed E-state index contributed by atoms with van der Waals surface area (Å²) in [5.41, 5.74) is 2.09. The van der Waals surface area contributed by atoms with Crippen molar-refractivity contribution in [3.63, 3.8) is 0 Å². The van der Waals surface area contributed by atoms with E-state index in [0.717, 1.165) is 11.1 Å². The molecule has 0 spiro atoms. The first-order valence-corrected chi connectivity index (χ1v) is 5.85. The van der Waals surface area contributed by atoms with E-state index in [1.807, 2.05) is 6.07 Å². The molecule has 0 aromatic heterocycles. The Kier molecular flexibility index (Phi) is 4.15. The first-order valence-electron chi connectivity index (χ1n) is 4.44. The summed E-state index contributed by atoms with van der Waals surface area (Å²) in [5, 5.41) is 0. The largest absolute Gasteiger partial charge is 1.00 e. The summed E-state index contributed by atoms with van der Waals surface area (Å²) in [7, 11) is -4.39. The Morgan fingerprint density at radius 2 is 1.62 bits per heavy atom.